The zero-order valence-corrected chi connectivity index (χ0v) is 16.5. The fraction of sp³-hybridized carbons (Fsp3) is 0.300. The molecule has 0 aliphatic rings. The largest absolute Gasteiger partial charge is 0.326 e. The van der Waals surface area contributed by atoms with Crippen LogP contribution in [0.3, 0.4) is 0 Å². The molecule has 2 heterocycles. The molecule has 27 heavy (non-hydrogen) atoms. The summed E-state index contributed by atoms with van der Waals surface area (Å²) in [5.41, 5.74) is 2.29. The van der Waals surface area contributed by atoms with E-state index in [1.165, 1.54) is 0 Å². The molecule has 0 radical (unpaired) electrons. The van der Waals surface area contributed by atoms with Crippen LogP contribution in [0.25, 0.3) is 11.4 Å². The van der Waals surface area contributed by atoms with E-state index in [0.29, 0.717) is 5.69 Å². The van der Waals surface area contributed by atoms with E-state index < -0.39 is 0 Å². The third-order valence-electron chi connectivity index (χ3n) is 4.28. The molecule has 2 aromatic heterocycles. The van der Waals surface area contributed by atoms with Gasteiger partial charge in [-0.05, 0) is 39.0 Å². The number of Topliss-reactive ketones (excluding diaryl/α,β-unsaturated/α-hetero) is 1. The smallest absolute Gasteiger partial charge is 0.224 e. The number of anilines is 1. The van der Waals surface area contributed by atoms with Crippen LogP contribution in [0.5, 0.6) is 0 Å². The Morgan fingerprint density at radius 1 is 1.19 bits per heavy atom. The van der Waals surface area contributed by atoms with Gasteiger partial charge in [0.2, 0.25) is 5.91 Å². The number of carbonyl (C=O) groups excluding carboxylic acids is 2. The number of carbonyl (C=O) groups is 2. The van der Waals surface area contributed by atoms with Crippen molar-refractivity contribution in [2.24, 2.45) is 0 Å². The maximum Gasteiger partial charge on any atom is 0.224 e. The molecular formula is C20H22N4O2S. The Balaban J connectivity index is 1.62. The molecule has 7 heteroatoms. The highest BCUT2D eigenvalue weighted by atomic mass is 32.1. The molecule has 0 saturated heterocycles. The maximum absolute atomic E-state index is 12.3. The van der Waals surface area contributed by atoms with Gasteiger partial charge in [0.15, 0.2) is 11.6 Å². The third kappa shape index (κ3) is 4.49. The molecule has 3 aromatic rings. The van der Waals surface area contributed by atoms with Crippen LogP contribution in [0.4, 0.5) is 5.69 Å². The van der Waals surface area contributed by atoms with Crippen molar-refractivity contribution in [2.45, 2.75) is 40.2 Å². The van der Waals surface area contributed by atoms with E-state index in [9.17, 15) is 9.59 Å². The minimum absolute atomic E-state index is 0.0109. The summed E-state index contributed by atoms with van der Waals surface area (Å²) in [4.78, 5) is 26.7. The molecule has 3 rings (SSSR count). The van der Waals surface area contributed by atoms with E-state index in [2.05, 4.69) is 15.5 Å². The van der Waals surface area contributed by atoms with Gasteiger partial charge in [0.25, 0.3) is 0 Å². The predicted octanol–water partition coefficient (Wildman–Crippen LogP) is 4.24. The van der Waals surface area contributed by atoms with Gasteiger partial charge in [-0.25, -0.2) is 0 Å². The lowest BCUT2D eigenvalue weighted by molar-refractivity contribution is -0.116. The first-order chi connectivity index (χ1) is 13.0. The first-order valence-electron chi connectivity index (χ1n) is 8.86. The second-order valence-corrected chi connectivity index (χ2v) is 7.78. The normalized spacial score (nSPS) is 10.8. The van der Waals surface area contributed by atoms with Crippen molar-refractivity contribution in [2.75, 3.05) is 5.32 Å². The topological polar surface area (TPSA) is 76.9 Å². The van der Waals surface area contributed by atoms with Gasteiger partial charge in [0.1, 0.15) is 6.33 Å². The summed E-state index contributed by atoms with van der Waals surface area (Å²) in [5.74, 6) is 0.589. The SMILES string of the molecule is CCn1cnnc1-c1cccc(NC(=O)CCC(=O)c2cc(C)sc2C)c1. The average Bonchev–Trinajstić information content (AvgIpc) is 3.25. The highest BCUT2D eigenvalue weighted by molar-refractivity contribution is 7.12. The van der Waals surface area contributed by atoms with Crippen LogP contribution >= 0.6 is 11.3 Å². The Hall–Kier alpha value is -2.80. The van der Waals surface area contributed by atoms with Crippen LogP contribution in [0.1, 0.15) is 39.9 Å². The van der Waals surface area contributed by atoms with Gasteiger partial charge in [0, 0.05) is 46.0 Å². The Morgan fingerprint density at radius 2 is 2.00 bits per heavy atom. The van der Waals surface area contributed by atoms with Gasteiger partial charge in [-0.15, -0.1) is 21.5 Å². The molecule has 0 aliphatic heterocycles. The summed E-state index contributed by atoms with van der Waals surface area (Å²) in [6, 6.07) is 9.37. The van der Waals surface area contributed by atoms with Crippen molar-refractivity contribution in [3.05, 3.63) is 52.0 Å². The summed E-state index contributed by atoms with van der Waals surface area (Å²) in [7, 11) is 0. The molecule has 0 spiro atoms. The highest BCUT2D eigenvalue weighted by Crippen LogP contribution is 2.23. The van der Waals surface area contributed by atoms with E-state index in [-0.39, 0.29) is 24.5 Å². The van der Waals surface area contributed by atoms with E-state index in [0.717, 1.165) is 33.3 Å². The van der Waals surface area contributed by atoms with E-state index in [1.807, 2.05) is 55.7 Å². The lowest BCUT2D eigenvalue weighted by Crippen LogP contribution is -2.13. The predicted molar refractivity (Wildman–Crippen MR) is 107 cm³/mol. The number of nitrogens with zero attached hydrogens (tertiary/aromatic N) is 3. The highest BCUT2D eigenvalue weighted by Gasteiger charge is 2.14. The summed E-state index contributed by atoms with van der Waals surface area (Å²) >= 11 is 1.60. The molecule has 1 N–H and O–H groups in total. The zero-order valence-electron chi connectivity index (χ0n) is 15.7. The first-order valence-corrected chi connectivity index (χ1v) is 9.68. The minimum Gasteiger partial charge on any atom is -0.326 e. The van der Waals surface area contributed by atoms with Gasteiger partial charge < -0.3 is 9.88 Å². The van der Waals surface area contributed by atoms with Crippen molar-refractivity contribution in [1.82, 2.24) is 14.8 Å². The molecule has 0 fully saturated rings. The van der Waals surface area contributed by atoms with Crippen LogP contribution in [-0.2, 0) is 11.3 Å². The summed E-state index contributed by atoms with van der Waals surface area (Å²) in [5, 5.41) is 10.9. The number of ketones is 1. The number of aromatic nitrogens is 3. The number of nitrogens with one attached hydrogen (secondary N) is 1. The van der Waals surface area contributed by atoms with Gasteiger partial charge in [0.05, 0.1) is 0 Å². The standard InChI is InChI=1S/C20H22N4O2S/c1-4-24-12-21-23-20(24)15-6-5-7-16(11-15)22-19(26)9-8-18(25)17-10-13(2)27-14(17)3/h5-7,10-12H,4,8-9H2,1-3H3,(H,22,26). The molecule has 1 amide bonds. The molecule has 0 saturated carbocycles. The number of rotatable bonds is 7. The molecule has 0 atom stereocenters. The lowest BCUT2D eigenvalue weighted by Gasteiger charge is -2.08. The Labute approximate surface area is 162 Å². The van der Waals surface area contributed by atoms with Crippen molar-refractivity contribution < 1.29 is 9.59 Å². The number of aryl methyl sites for hydroxylation is 3. The van der Waals surface area contributed by atoms with Crippen LogP contribution in [-0.4, -0.2) is 26.5 Å². The van der Waals surface area contributed by atoms with Crippen LogP contribution in [0, 0.1) is 13.8 Å². The summed E-state index contributed by atoms with van der Waals surface area (Å²) in [6.07, 6.45) is 2.04. The number of hydrogen-bond donors (Lipinski definition) is 1. The van der Waals surface area contributed by atoms with Gasteiger partial charge in [-0.1, -0.05) is 12.1 Å². The summed E-state index contributed by atoms with van der Waals surface area (Å²) in [6.45, 7) is 6.70. The molecular weight excluding hydrogens is 360 g/mol. The van der Waals surface area contributed by atoms with Gasteiger partial charge in [-0.3, -0.25) is 9.59 Å². The zero-order chi connectivity index (χ0) is 19.4. The molecule has 1 aromatic carbocycles. The Kier molecular flexibility index (Phi) is 5.81. The van der Waals surface area contributed by atoms with E-state index in [1.54, 1.807) is 17.7 Å². The fourth-order valence-corrected chi connectivity index (χ4v) is 3.88. The molecule has 0 bridgehead atoms. The molecule has 0 aliphatic carbocycles. The number of thiophene rings is 1. The third-order valence-corrected chi connectivity index (χ3v) is 5.25. The van der Waals surface area contributed by atoms with Gasteiger partial charge in [-0.2, -0.15) is 0 Å². The monoisotopic (exact) mass is 382 g/mol. The molecule has 6 nitrogen and oxygen atoms in total. The van der Waals surface area contributed by atoms with Crippen molar-refractivity contribution in [3.8, 4) is 11.4 Å². The average molecular weight is 382 g/mol. The lowest BCUT2D eigenvalue weighted by atomic mass is 10.1. The van der Waals surface area contributed by atoms with Crippen LogP contribution in [0.15, 0.2) is 36.7 Å². The van der Waals surface area contributed by atoms with Crippen molar-refractivity contribution >= 4 is 28.7 Å². The van der Waals surface area contributed by atoms with Gasteiger partial charge >= 0.3 is 0 Å². The molecule has 0 unspecified atom stereocenters. The minimum atomic E-state index is -0.179. The number of amides is 1. The van der Waals surface area contributed by atoms with E-state index in [4.69, 9.17) is 0 Å². The van der Waals surface area contributed by atoms with Crippen LogP contribution < -0.4 is 5.32 Å². The Bertz CT molecular complexity index is 974. The first kappa shape index (κ1) is 19.0. The number of benzene rings is 1. The van der Waals surface area contributed by atoms with Crippen molar-refractivity contribution in [1.29, 1.82) is 0 Å². The molecule has 140 valence electrons. The summed E-state index contributed by atoms with van der Waals surface area (Å²) < 4.78 is 1.94. The number of hydrogen-bond acceptors (Lipinski definition) is 5. The second kappa shape index (κ2) is 8.26. The van der Waals surface area contributed by atoms with Crippen molar-refractivity contribution in [3.63, 3.8) is 0 Å². The maximum atomic E-state index is 12.3. The Morgan fingerprint density at radius 3 is 2.70 bits per heavy atom. The fourth-order valence-electron chi connectivity index (χ4n) is 2.94. The quantitative estimate of drug-likeness (QED) is 0.620. The second-order valence-electron chi connectivity index (χ2n) is 6.32. The van der Waals surface area contributed by atoms with E-state index >= 15 is 0 Å². The van der Waals surface area contributed by atoms with Crippen LogP contribution in [0.2, 0.25) is 0 Å².